The Kier molecular flexibility index (Phi) is 6.06. The van der Waals surface area contributed by atoms with Crippen LogP contribution in [0.25, 0.3) is 16.0 Å². The monoisotopic (exact) mass is 566 g/mol. The zero-order valence-corrected chi connectivity index (χ0v) is 22.5. The smallest absolute Gasteiger partial charge is 0.301 e. The number of methoxy groups -OCH3 is 1. The molecule has 4 aromatic rings. The van der Waals surface area contributed by atoms with Crippen molar-refractivity contribution in [3.8, 4) is 11.5 Å². The number of hydrogen-bond donors (Lipinski definition) is 1. The molecule has 6 rings (SSSR count). The number of hydrogen-bond acceptors (Lipinski definition) is 7. The van der Waals surface area contributed by atoms with Crippen molar-refractivity contribution in [3.63, 3.8) is 0 Å². The van der Waals surface area contributed by atoms with Crippen LogP contribution in [0.5, 0.6) is 11.5 Å². The Morgan fingerprint density at radius 2 is 1.92 bits per heavy atom. The summed E-state index contributed by atoms with van der Waals surface area (Å²) in [5, 5.41) is 12.4. The predicted molar refractivity (Wildman–Crippen MR) is 148 cm³/mol. The largest absolute Gasteiger partial charge is 0.507 e. The van der Waals surface area contributed by atoms with Gasteiger partial charge in [-0.3, -0.25) is 14.5 Å². The highest BCUT2D eigenvalue weighted by molar-refractivity contribution is 7.22. The molecule has 192 valence electrons. The summed E-state index contributed by atoms with van der Waals surface area (Å²) in [6, 6.07) is 14.5. The molecule has 1 saturated heterocycles. The number of anilines is 1. The molecule has 2 aliphatic rings. The highest BCUT2D eigenvalue weighted by Crippen LogP contribution is 2.46. The first-order chi connectivity index (χ1) is 18.2. The third-order valence-corrected chi connectivity index (χ3v) is 8.42. The molecule has 0 radical (unpaired) electrons. The minimum absolute atomic E-state index is 0.0156. The first kappa shape index (κ1) is 24.7. The second kappa shape index (κ2) is 9.31. The van der Waals surface area contributed by atoms with E-state index in [4.69, 9.17) is 32.7 Å². The van der Waals surface area contributed by atoms with Crippen LogP contribution in [0.4, 0.5) is 5.13 Å². The number of benzene rings is 3. The van der Waals surface area contributed by atoms with E-state index in [-0.39, 0.29) is 22.5 Å². The molecule has 0 spiro atoms. The number of thiazole rings is 1. The van der Waals surface area contributed by atoms with Gasteiger partial charge in [-0.15, -0.1) is 0 Å². The summed E-state index contributed by atoms with van der Waals surface area (Å²) >= 11 is 13.7. The van der Waals surface area contributed by atoms with Crippen molar-refractivity contribution in [1.29, 1.82) is 0 Å². The van der Waals surface area contributed by atoms with Gasteiger partial charge < -0.3 is 14.6 Å². The van der Waals surface area contributed by atoms with Crippen molar-refractivity contribution < 1.29 is 24.2 Å². The molecule has 1 amide bonds. The molecule has 0 saturated carbocycles. The minimum atomic E-state index is -0.976. The van der Waals surface area contributed by atoms with Gasteiger partial charge in [-0.2, -0.15) is 0 Å². The number of fused-ring (bicyclic) bond motifs is 2. The number of aliphatic hydroxyl groups is 1. The summed E-state index contributed by atoms with van der Waals surface area (Å²) in [5.74, 6) is -0.523. The molecule has 3 aromatic carbocycles. The summed E-state index contributed by atoms with van der Waals surface area (Å²) < 4.78 is 11.9. The first-order valence-electron chi connectivity index (χ1n) is 11.8. The summed E-state index contributed by atoms with van der Waals surface area (Å²) in [7, 11) is 1.57. The first-order valence-corrected chi connectivity index (χ1v) is 13.3. The Hall–Kier alpha value is -3.59. The maximum atomic E-state index is 13.5. The number of halogens is 2. The maximum Gasteiger partial charge on any atom is 0.301 e. The second-order valence-electron chi connectivity index (χ2n) is 9.13. The molecule has 2 atom stereocenters. The summed E-state index contributed by atoms with van der Waals surface area (Å²) in [6.07, 6.45) is 0.692. The topological polar surface area (TPSA) is 89.0 Å². The van der Waals surface area contributed by atoms with Crippen LogP contribution >= 0.6 is 34.5 Å². The number of rotatable bonds is 4. The lowest BCUT2D eigenvalue weighted by Gasteiger charge is -2.23. The van der Waals surface area contributed by atoms with E-state index in [9.17, 15) is 14.7 Å². The fourth-order valence-electron chi connectivity index (χ4n) is 4.88. The van der Waals surface area contributed by atoms with Gasteiger partial charge >= 0.3 is 5.91 Å². The summed E-state index contributed by atoms with van der Waals surface area (Å²) in [4.78, 5) is 33.0. The summed E-state index contributed by atoms with van der Waals surface area (Å²) in [6.45, 7) is 1.96. The van der Waals surface area contributed by atoms with Crippen molar-refractivity contribution in [1.82, 2.24) is 4.98 Å². The highest BCUT2D eigenvalue weighted by atomic mass is 35.5. The van der Waals surface area contributed by atoms with Gasteiger partial charge in [0.05, 0.1) is 39.0 Å². The SMILES string of the molecule is COc1ccc2nc(N3C(=O)C(=O)C(=C(O)c4ccc5c(c4)CC(C)O5)C3c3ccc(Cl)c(Cl)c3)sc2c1. The van der Waals surface area contributed by atoms with E-state index < -0.39 is 17.7 Å². The van der Waals surface area contributed by atoms with E-state index in [2.05, 4.69) is 4.98 Å². The highest BCUT2D eigenvalue weighted by Gasteiger charge is 2.48. The van der Waals surface area contributed by atoms with E-state index >= 15 is 0 Å². The zero-order valence-electron chi connectivity index (χ0n) is 20.2. The van der Waals surface area contributed by atoms with E-state index in [1.54, 1.807) is 55.6 Å². The Labute approximate surface area is 231 Å². The quantitative estimate of drug-likeness (QED) is 0.171. The Morgan fingerprint density at radius 3 is 2.68 bits per heavy atom. The fraction of sp³-hybridized carbons (Fsp3) is 0.179. The molecule has 2 unspecified atom stereocenters. The Balaban J connectivity index is 1.54. The number of aliphatic hydroxyl groups excluding tert-OH is 1. The van der Waals surface area contributed by atoms with Crippen LogP contribution in [0, 0.1) is 0 Å². The van der Waals surface area contributed by atoms with Crippen LogP contribution in [0.15, 0.2) is 60.2 Å². The number of ether oxygens (including phenoxy) is 2. The number of Topliss-reactive ketones (excluding diaryl/α,β-unsaturated/α-hetero) is 1. The normalized spacial score (nSPS) is 20.2. The number of ketones is 1. The molecular weight excluding hydrogens is 547 g/mol. The average Bonchev–Trinajstić information content (AvgIpc) is 3.57. The molecule has 38 heavy (non-hydrogen) atoms. The number of nitrogens with zero attached hydrogens (tertiary/aromatic N) is 2. The molecule has 2 aliphatic heterocycles. The number of amides is 1. The van der Waals surface area contributed by atoms with Crippen molar-refractivity contribution in [2.45, 2.75) is 25.5 Å². The molecule has 0 aliphatic carbocycles. The van der Waals surface area contributed by atoms with Crippen molar-refractivity contribution in [2.75, 3.05) is 12.0 Å². The lowest BCUT2D eigenvalue weighted by Crippen LogP contribution is -2.29. The van der Waals surface area contributed by atoms with Gasteiger partial charge in [0.2, 0.25) is 0 Å². The lowest BCUT2D eigenvalue weighted by atomic mass is 9.94. The zero-order chi connectivity index (χ0) is 26.7. The number of aromatic nitrogens is 1. The van der Waals surface area contributed by atoms with E-state index in [1.165, 1.54) is 16.2 Å². The van der Waals surface area contributed by atoms with Gasteiger partial charge in [0, 0.05) is 12.0 Å². The lowest BCUT2D eigenvalue weighted by molar-refractivity contribution is -0.132. The van der Waals surface area contributed by atoms with Gasteiger partial charge in [0.1, 0.15) is 23.4 Å². The average molecular weight is 567 g/mol. The van der Waals surface area contributed by atoms with Crippen LogP contribution in [0.2, 0.25) is 10.0 Å². The van der Waals surface area contributed by atoms with Gasteiger partial charge in [-0.1, -0.05) is 40.6 Å². The van der Waals surface area contributed by atoms with Gasteiger partial charge in [-0.25, -0.2) is 4.98 Å². The molecule has 1 N–H and O–H groups in total. The van der Waals surface area contributed by atoms with E-state index in [1.807, 2.05) is 13.0 Å². The van der Waals surface area contributed by atoms with Gasteiger partial charge in [0.25, 0.3) is 5.78 Å². The van der Waals surface area contributed by atoms with Crippen molar-refractivity contribution in [2.24, 2.45) is 0 Å². The van der Waals surface area contributed by atoms with Crippen molar-refractivity contribution in [3.05, 3.63) is 86.9 Å². The third kappa shape index (κ3) is 4.00. The standard InChI is InChI=1S/C28H20Cl2N2O5S/c1-13-9-16-10-15(4-8-21(16)37-13)25(33)23-24(14-3-6-18(29)19(30)11-14)32(27(35)26(23)34)28-31-20-7-5-17(36-2)12-22(20)38-28/h3-8,10-13,24,33H,9H2,1-2H3. The van der Waals surface area contributed by atoms with Gasteiger partial charge in [-0.05, 0) is 66.6 Å². The predicted octanol–water partition coefficient (Wildman–Crippen LogP) is 6.56. The molecular formula is C28H20Cl2N2O5S. The molecule has 7 nitrogen and oxygen atoms in total. The van der Waals surface area contributed by atoms with E-state index in [0.717, 1.165) is 16.0 Å². The van der Waals surface area contributed by atoms with Crippen LogP contribution in [-0.2, 0) is 16.0 Å². The van der Waals surface area contributed by atoms with E-state index in [0.29, 0.717) is 39.0 Å². The molecule has 1 aromatic heterocycles. The number of carbonyl (C=O) groups is 2. The van der Waals surface area contributed by atoms with Crippen LogP contribution in [-0.4, -0.2) is 35.0 Å². The van der Waals surface area contributed by atoms with Crippen molar-refractivity contribution >= 4 is 67.3 Å². The molecule has 0 bridgehead atoms. The number of carbonyl (C=O) groups excluding carboxylic acids is 2. The third-order valence-electron chi connectivity index (χ3n) is 6.66. The van der Waals surface area contributed by atoms with Gasteiger partial charge in [0.15, 0.2) is 5.13 Å². The Bertz CT molecular complexity index is 1680. The summed E-state index contributed by atoms with van der Waals surface area (Å²) in [5.41, 5.74) is 2.43. The Morgan fingerprint density at radius 1 is 1.11 bits per heavy atom. The van der Waals surface area contributed by atoms with Crippen LogP contribution < -0.4 is 14.4 Å². The minimum Gasteiger partial charge on any atom is -0.507 e. The fourth-order valence-corrected chi connectivity index (χ4v) is 6.20. The molecule has 1 fully saturated rings. The second-order valence-corrected chi connectivity index (χ2v) is 11.0. The van der Waals surface area contributed by atoms with Crippen LogP contribution in [0.1, 0.15) is 29.7 Å². The maximum absolute atomic E-state index is 13.5. The molecule has 3 heterocycles. The molecule has 10 heteroatoms. The van der Waals surface area contributed by atoms with Crippen LogP contribution in [0.3, 0.4) is 0 Å².